The van der Waals surface area contributed by atoms with Gasteiger partial charge in [0.15, 0.2) is 0 Å². The minimum atomic E-state index is -1.44. The molecule has 6 nitrogen and oxygen atoms in total. The molecule has 0 aliphatic rings. The van der Waals surface area contributed by atoms with E-state index < -0.39 is 11.2 Å². The minimum Gasteiger partial charge on any atom is -0.378 e. The second-order valence-corrected chi connectivity index (χ2v) is 13.4. The second kappa shape index (κ2) is 12.6. The van der Waals surface area contributed by atoms with Crippen molar-refractivity contribution in [1.29, 1.82) is 0 Å². The van der Waals surface area contributed by atoms with Crippen LogP contribution in [0.5, 0.6) is 0 Å². The Bertz CT molecular complexity index is 1480. The van der Waals surface area contributed by atoms with E-state index in [-0.39, 0.29) is 0 Å². The first-order valence-corrected chi connectivity index (χ1v) is 15.8. The largest absolute Gasteiger partial charge is 0.378 e. The van der Waals surface area contributed by atoms with Crippen LogP contribution in [0.3, 0.4) is 0 Å². The zero-order valence-electron chi connectivity index (χ0n) is 27.5. The number of benzene rings is 4. The lowest BCUT2D eigenvalue weighted by Gasteiger charge is -2.31. The first-order valence-electron chi connectivity index (χ1n) is 15.0. The fourth-order valence-electron chi connectivity index (χ4n) is 5.63. The van der Waals surface area contributed by atoms with E-state index in [1.54, 1.807) is 0 Å². The van der Waals surface area contributed by atoms with Gasteiger partial charge in [0.25, 0.3) is 0 Å². The monoisotopic (exact) mass is 620 g/mol. The van der Waals surface area contributed by atoms with Crippen LogP contribution in [-0.4, -0.2) is 66.6 Å². The molecule has 7 heteroatoms. The number of thiophene rings is 1. The average molecular weight is 621 g/mol. The molecule has 0 spiro atoms. The van der Waals surface area contributed by atoms with Crippen molar-refractivity contribution in [2.45, 2.75) is 11.2 Å². The highest BCUT2D eigenvalue weighted by atomic mass is 32.1. The molecule has 5 rings (SSSR count). The van der Waals surface area contributed by atoms with Crippen LogP contribution in [0, 0.1) is 0 Å². The number of nitrogens with zero attached hydrogens (tertiary/aromatic N) is 4. The molecule has 1 heterocycles. The number of anilines is 4. The summed E-state index contributed by atoms with van der Waals surface area (Å²) in [4.78, 5) is 9.62. The van der Waals surface area contributed by atoms with Crippen molar-refractivity contribution in [1.82, 2.24) is 0 Å². The van der Waals surface area contributed by atoms with Gasteiger partial charge in [-0.05, 0) is 82.9 Å². The molecule has 0 saturated heterocycles. The van der Waals surface area contributed by atoms with Crippen LogP contribution in [0.25, 0.3) is 0 Å². The van der Waals surface area contributed by atoms with Gasteiger partial charge in [0.1, 0.15) is 11.2 Å². The van der Waals surface area contributed by atoms with Gasteiger partial charge in [-0.15, -0.1) is 11.3 Å². The number of hydrogen-bond donors (Lipinski definition) is 2. The Labute approximate surface area is 272 Å². The van der Waals surface area contributed by atoms with Crippen LogP contribution in [-0.2, 0) is 11.2 Å². The lowest BCUT2D eigenvalue weighted by atomic mass is 9.83. The van der Waals surface area contributed by atoms with Gasteiger partial charge in [-0.1, -0.05) is 48.5 Å². The van der Waals surface area contributed by atoms with Gasteiger partial charge >= 0.3 is 0 Å². The van der Waals surface area contributed by atoms with Crippen LogP contribution in [0.2, 0.25) is 0 Å². The Hall–Kier alpha value is -4.30. The standard InChI is InChI=1S/C38H44N4O2S/c1-39(2)31-17-9-27(10-18-31)37(43,28-11-19-32(20-12-28)40(3)4)35-25-26-36(45-35)38(44,29-13-21-33(22-14-29)41(5)6)30-15-23-34(24-16-30)42(7)8/h9-26,43-44H,1-8H3. The van der Waals surface area contributed by atoms with Gasteiger partial charge < -0.3 is 29.8 Å². The SMILES string of the molecule is CN(C)c1ccc(C(O)(c2ccc(N(C)C)cc2)c2ccc(C(O)(c3ccc(N(C)C)cc3)c3ccc(N(C)C)cc3)s2)cc1. The van der Waals surface area contributed by atoms with Crippen LogP contribution >= 0.6 is 11.3 Å². The maximum atomic E-state index is 12.8. The maximum Gasteiger partial charge on any atom is 0.149 e. The van der Waals surface area contributed by atoms with E-state index in [0.29, 0.717) is 0 Å². The first-order chi connectivity index (χ1) is 21.3. The van der Waals surface area contributed by atoms with E-state index in [0.717, 1.165) is 54.8 Å². The zero-order valence-corrected chi connectivity index (χ0v) is 28.3. The minimum absolute atomic E-state index is 0.723. The summed E-state index contributed by atoms with van der Waals surface area (Å²) in [6.45, 7) is 0. The van der Waals surface area contributed by atoms with Crippen LogP contribution < -0.4 is 19.6 Å². The van der Waals surface area contributed by atoms with E-state index in [2.05, 4.69) is 0 Å². The molecule has 2 N–H and O–H groups in total. The van der Waals surface area contributed by atoms with Crippen LogP contribution in [0.15, 0.2) is 109 Å². The van der Waals surface area contributed by atoms with Crippen LogP contribution in [0.1, 0.15) is 32.0 Å². The lowest BCUT2D eigenvalue weighted by Crippen LogP contribution is -2.29. The highest BCUT2D eigenvalue weighted by Gasteiger charge is 2.40. The van der Waals surface area contributed by atoms with Crippen molar-refractivity contribution in [3.05, 3.63) is 141 Å². The van der Waals surface area contributed by atoms with Crippen molar-refractivity contribution in [3.63, 3.8) is 0 Å². The Morgan fingerprint density at radius 2 is 0.556 bits per heavy atom. The molecule has 5 aromatic rings. The molecule has 0 fully saturated rings. The summed E-state index contributed by atoms with van der Waals surface area (Å²) >= 11 is 1.43. The average Bonchev–Trinajstić information content (AvgIpc) is 3.56. The molecular formula is C38H44N4O2S. The van der Waals surface area contributed by atoms with Gasteiger partial charge in [0.05, 0.1) is 0 Å². The molecule has 0 aliphatic heterocycles. The van der Waals surface area contributed by atoms with E-state index in [9.17, 15) is 10.2 Å². The van der Waals surface area contributed by atoms with E-state index in [1.807, 2.05) is 185 Å². The van der Waals surface area contributed by atoms with Gasteiger partial charge in [0.2, 0.25) is 0 Å². The third-order valence-electron chi connectivity index (χ3n) is 8.53. The molecule has 4 aromatic carbocycles. The van der Waals surface area contributed by atoms with Gasteiger partial charge in [-0.3, -0.25) is 0 Å². The first kappa shape index (κ1) is 32.1. The summed E-state index contributed by atoms with van der Waals surface area (Å²) in [5, 5.41) is 25.6. The summed E-state index contributed by atoms with van der Waals surface area (Å²) in [7, 11) is 16.0. The van der Waals surface area contributed by atoms with Crippen molar-refractivity contribution < 1.29 is 10.2 Å². The zero-order chi connectivity index (χ0) is 32.5. The van der Waals surface area contributed by atoms with Crippen LogP contribution in [0.4, 0.5) is 22.7 Å². The molecule has 0 atom stereocenters. The fourth-order valence-corrected chi connectivity index (χ4v) is 6.91. The molecule has 234 valence electrons. The Morgan fingerprint density at radius 1 is 0.356 bits per heavy atom. The fraction of sp³-hybridized carbons (Fsp3) is 0.263. The summed E-state index contributed by atoms with van der Waals surface area (Å²) < 4.78 is 0. The lowest BCUT2D eigenvalue weighted by molar-refractivity contribution is 0.128. The number of aliphatic hydroxyl groups is 2. The van der Waals surface area contributed by atoms with Gasteiger partial charge in [-0.2, -0.15) is 0 Å². The topological polar surface area (TPSA) is 53.4 Å². The van der Waals surface area contributed by atoms with Crippen molar-refractivity contribution >= 4 is 34.1 Å². The molecule has 45 heavy (non-hydrogen) atoms. The molecule has 0 radical (unpaired) electrons. The Kier molecular flexibility index (Phi) is 8.99. The highest BCUT2D eigenvalue weighted by molar-refractivity contribution is 7.12. The quantitative estimate of drug-likeness (QED) is 0.184. The maximum absolute atomic E-state index is 12.8. The highest BCUT2D eigenvalue weighted by Crippen LogP contribution is 2.46. The molecule has 0 unspecified atom stereocenters. The third-order valence-corrected chi connectivity index (χ3v) is 9.83. The van der Waals surface area contributed by atoms with Crippen molar-refractivity contribution in [2.24, 2.45) is 0 Å². The van der Waals surface area contributed by atoms with Crippen molar-refractivity contribution in [3.8, 4) is 0 Å². The molecule has 1 aromatic heterocycles. The molecule has 0 amide bonds. The molecule has 0 aliphatic carbocycles. The number of rotatable bonds is 10. The van der Waals surface area contributed by atoms with Crippen molar-refractivity contribution in [2.75, 3.05) is 76.0 Å². The molecular weight excluding hydrogens is 577 g/mol. The predicted molar refractivity (Wildman–Crippen MR) is 192 cm³/mol. The van der Waals surface area contributed by atoms with Gasteiger partial charge in [0, 0.05) is 88.9 Å². The smallest absolute Gasteiger partial charge is 0.149 e. The Balaban J connectivity index is 1.69. The normalized spacial score (nSPS) is 11.8. The number of hydrogen-bond acceptors (Lipinski definition) is 7. The third kappa shape index (κ3) is 6.03. The van der Waals surface area contributed by atoms with E-state index >= 15 is 0 Å². The summed E-state index contributed by atoms with van der Waals surface area (Å²) in [6, 6.07) is 36.0. The summed E-state index contributed by atoms with van der Waals surface area (Å²) in [5.74, 6) is 0. The molecule has 0 bridgehead atoms. The second-order valence-electron chi connectivity index (χ2n) is 12.3. The predicted octanol–water partition coefficient (Wildman–Crippen LogP) is 6.58. The summed E-state index contributed by atoms with van der Waals surface area (Å²) in [6.07, 6.45) is 0. The van der Waals surface area contributed by atoms with E-state index in [1.165, 1.54) is 11.3 Å². The Morgan fingerprint density at radius 3 is 0.733 bits per heavy atom. The van der Waals surface area contributed by atoms with E-state index in [4.69, 9.17) is 0 Å². The van der Waals surface area contributed by atoms with Gasteiger partial charge in [-0.25, -0.2) is 0 Å². The summed E-state index contributed by atoms with van der Waals surface area (Å²) in [5.41, 5.74) is 4.34. The molecule has 0 saturated carbocycles.